The molecule has 9 aromatic rings. The van der Waals surface area contributed by atoms with Crippen molar-refractivity contribution >= 4 is 71.0 Å². The van der Waals surface area contributed by atoms with Crippen LogP contribution in [0.4, 0.5) is 17.1 Å². The maximum Gasteiger partial charge on any atom is 0.151 e. The summed E-state index contributed by atoms with van der Waals surface area (Å²) in [7, 11) is -2.76. The fraction of sp³-hybridized carbons (Fsp3) is 0.115. The highest BCUT2D eigenvalue weighted by Gasteiger charge is 2.21. The summed E-state index contributed by atoms with van der Waals surface area (Å²) in [6.45, 7) is 19.3. The van der Waals surface area contributed by atoms with Crippen LogP contribution in [0, 0.1) is 0 Å². The SMILES string of the molecule is C=C1/C=C\C=C/COc2c1cccc2-n1c2ccccc2c2cc(-c3ccc(N(c4ccc(-c5ccc([Si](C)(C)C)cc5)cc4)c4ccc(-c5ccc([Si](C)(C)C)cc5)cc4)cc3)ccc21. The fourth-order valence-corrected chi connectivity index (χ4v) is 11.6. The van der Waals surface area contributed by atoms with Crippen molar-refractivity contribution in [3.8, 4) is 44.8 Å². The van der Waals surface area contributed by atoms with Gasteiger partial charge in [-0.1, -0.05) is 196 Å². The molecule has 8 aromatic carbocycles. The number of nitrogens with zero attached hydrogens (tertiary/aromatic N) is 2. The molecule has 0 bridgehead atoms. The Morgan fingerprint density at radius 2 is 0.939 bits per heavy atom. The lowest BCUT2D eigenvalue weighted by Crippen LogP contribution is -2.37. The molecular formula is C61H56N2OSi2. The average Bonchev–Trinajstić information content (AvgIpc) is 3.70. The van der Waals surface area contributed by atoms with Crippen molar-refractivity contribution in [3.63, 3.8) is 0 Å². The Hall–Kier alpha value is -7.19. The summed E-state index contributed by atoms with van der Waals surface area (Å²) in [5, 5.41) is 5.34. The number of aromatic nitrogens is 1. The van der Waals surface area contributed by atoms with Crippen molar-refractivity contribution < 1.29 is 4.74 Å². The summed E-state index contributed by atoms with van der Waals surface area (Å²) < 4.78 is 8.83. The Morgan fingerprint density at radius 3 is 1.47 bits per heavy atom. The molecule has 0 amide bonds. The van der Waals surface area contributed by atoms with Gasteiger partial charge in [0.05, 0.1) is 32.9 Å². The third kappa shape index (κ3) is 8.32. The third-order valence-corrected chi connectivity index (χ3v) is 17.1. The zero-order valence-electron chi connectivity index (χ0n) is 38.8. The predicted octanol–water partition coefficient (Wildman–Crippen LogP) is 15.9. The number of anilines is 3. The highest BCUT2D eigenvalue weighted by molar-refractivity contribution is 6.89. The van der Waals surface area contributed by atoms with Gasteiger partial charge in [0.15, 0.2) is 5.75 Å². The van der Waals surface area contributed by atoms with Gasteiger partial charge >= 0.3 is 0 Å². The second-order valence-electron chi connectivity index (χ2n) is 19.5. The highest BCUT2D eigenvalue weighted by atomic mass is 28.3. The summed E-state index contributed by atoms with van der Waals surface area (Å²) in [5.74, 6) is 0.835. The van der Waals surface area contributed by atoms with Gasteiger partial charge in [-0.05, 0) is 106 Å². The van der Waals surface area contributed by atoms with Crippen LogP contribution in [0.5, 0.6) is 5.75 Å². The Bertz CT molecular complexity index is 3190. The van der Waals surface area contributed by atoms with E-state index in [2.05, 4.69) is 237 Å². The number of hydrogen-bond acceptors (Lipinski definition) is 2. The summed E-state index contributed by atoms with van der Waals surface area (Å²) >= 11 is 0. The first-order chi connectivity index (χ1) is 31.9. The van der Waals surface area contributed by atoms with E-state index < -0.39 is 16.1 Å². The maximum atomic E-state index is 6.49. The lowest BCUT2D eigenvalue weighted by atomic mass is 10.0. The van der Waals surface area contributed by atoms with Crippen LogP contribution in [0.1, 0.15) is 5.56 Å². The van der Waals surface area contributed by atoms with Crippen molar-refractivity contribution in [1.29, 1.82) is 0 Å². The molecule has 10 rings (SSSR count). The standard InChI is InChI=1S/C61H56N2OSi2/c1-43-14-9-8-12-41-64-61-55(43)16-13-18-60(61)63-58-17-11-10-15-56(58)57-42-49(29-40-59(57)63)48-23-34-52(35-24-48)62(50-30-19-44(20-31-50)46-25-36-53(37-26-46)65(2,3)4)51-32-21-45(22-33-51)47-27-38-54(39-28-47)66(5,6)7/h8-40,42H,1,41H2,2-7H3/b12-8-,14-9-. The molecular weight excluding hydrogens is 833 g/mol. The normalized spacial score (nSPS) is 13.9. The summed E-state index contributed by atoms with van der Waals surface area (Å²) in [6, 6.07) is 67.3. The molecule has 0 saturated carbocycles. The number of ether oxygens (including phenoxy) is 1. The van der Waals surface area contributed by atoms with Crippen LogP contribution in [0.2, 0.25) is 39.3 Å². The number of benzene rings is 8. The van der Waals surface area contributed by atoms with Gasteiger partial charge in [-0.2, -0.15) is 0 Å². The molecule has 0 fully saturated rings. The number of fused-ring (bicyclic) bond motifs is 4. The van der Waals surface area contributed by atoms with Crippen molar-refractivity contribution in [1.82, 2.24) is 4.57 Å². The topological polar surface area (TPSA) is 17.4 Å². The van der Waals surface area contributed by atoms with Crippen molar-refractivity contribution in [3.05, 3.63) is 218 Å². The van der Waals surface area contributed by atoms with Crippen LogP contribution in [0.3, 0.4) is 0 Å². The van der Waals surface area contributed by atoms with Crippen LogP contribution in [0.15, 0.2) is 213 Å². The zero-order valence-corrected chi connectivity index (χ0v) is 40.8. The molecule has 1 aliphatic rings. The average molecular weight is 889 g/mol. The Kier molecular flexibility index (Phi) is 11.2. The van der Waals surface area contributed by atoms with Gasteiger partial charge in [-0.25, -0.2) is 0 Å². The third-order valence-electron chi connectivity index (χ3n) is 13.0. The molecule has 66 heavy (non-hydrogen) atoms. The largest absolute Gasteiger partial charge is 0.487 e. The molecule has 0 atom stereocenters. The van der Waals surface area contributed by atoms with Crippen LogP contribution in [-0.2, 0) is 0 Å². The van der Waals surface area contributed by atoms with E-state index in [0.29, 0.717) is 6.61 Å². The van der Waals surface area contributed by atoms with Gasteiger partial charge in [0.1, 0.15) is 6.61 Å². The van der Waals surface area contributed by atoms with E-state index in [0.717, 1.165) is 61.8 Å². The van der Waals surface area contributed by atoms with Crippen molar-refractivity contribution in [2.45, 2.75) is 39.3 Å². The molecule has 0 aliphatic carbocycles. The van der Waals surface area contributed by atoms with Crippen LogP contribution < -0.4 is 20.0 Å². The quantitative estimate of drug-likeness (QED) is 0.134. The smallest absolute Gasteiger partial charge is 0.151 e. The van der Waals surface area contributed by atoms with Crippen molar-refractivity contribution in [2.75, 3.05) is 11.5 Å². The van der Waals surface area contributed by atoms with E-state index in [9.17, 15) is 0 Å². The van der Waals surface area contributed by atoms with E-state index in [1.807, 2.05) is 24.3 Å². The lowest BCUT2D eigenvalue weighted by Gasteiger charge is -2.26. The van der Waals surface area contributed by atoms with E-state index in [4.69, 9.17) is 4.74 Å². The molecule has 5 heteroatoms. The Morgan fingerprint density at radius 1 is 0.470 bits per heavy atom. The summed E-state index contributed by atoms with van der Waals surface area (Å²) in [4.78, 5) is 2.37. The van der Waals surface area contributed by atoms with Crippen LogP contribution >= 0.6 is 0 Å². The summed E-state index contributed by atoms with van der Waals surface area (Å²) in [6.07, 6.45) is 8.12. The Labute approximate surface area is 392 Å². The number of rotatable bonds is 9. The lowest BCUT2D eigenvalue weighted by molar-refractivity contribution is 0.361. The first-order valence-electron chi connectivity index (χ1n) is 23.1. The van der Waals surface area contributed by atoms with Crippen LogP contribution in [-0.4, -0.2) is 27.3 Å². The van der Waals surface area contributed by atoms with E-state index in [1.165, 1.54) is 43.4 Å². The van der Waals surface area contributed by atoms with Gasteiger partial charge in [0, 0.05) is 33.4 Å². The minimum Gasteiger partial charge on any atom is -0.487 e. The fourth-order valence-electron chi connectivity index (χ4n) is 9.23. The maximum absolute atomic E-state index is 6.49. The predicted molar refractivity (Wildman–Crippen MR) is 291 cm³/mol. The van der Waals surface area contributed by atoms with E-state index in [-0.39, 0.29) is 0 Å². The second kappa shape index (κ2) is 17.3. The summed E-state index contributed by atoms with van der Waals surface area (Å²) in [5.41, 5.74) is 15.7. The van der Waals surface area contributed by atoms with Gasteiger partial charge in [0.2, 0.25) is 0 Å². The molecule has 1 aromatic heterocycles. The zero-order chi connectivity index (χ0) is 45.6. The minimum atomic E-state index is -1.38. The molecule has 0 N–H and O–H groups in total. The minimum absolute atomic E-state index is 0.480. The first-order valence-corrected chi connectivity index (χ1v) is 30.1. The first kappa shape index (κ1) is 42.7. The van der Waals surface area contributed by atoms with Crippen molar-refractivity contribution in [2.24, 2.45) is 0 Å². The van der Waals surface area contributed by atoms with Crippen LogP contribution in [0.25, 0.3) is 66.4 Å². The molecule has 2 heterocycles. The highest BCUT2D eigenvalue weighted by Crippen LogP contribution is 2.42. The number of para-hydroxylation sites is 2. The number of allylic oxidation sites excluding steroid dienone is 4. The Balaban J connectivity index is 1.02. The molecule has 1 aliphatic heterocycles. The molecule has 0 spiro atoms. The van der Waals surface area contributed by atoms with E-state index in [1.54, 1.807) is 0 Å². The second-order valence-corrected chi connectivity index (χ2v) is 29.6. The number of hydrogen-bond donors (Lipinski definition) is 0. The van der Waals surface area contributed by atoms with Gasteiger partial charge in [0.25, 0.3) is 0 Å². The molecule has 324 valence electrons. The van der Waals surface area contributed by atoms with E-state index >= 15 is 0 Å². The van der Waals surface area contributed by atoms with Gasteiger partial charge in [-0.15, -0.1) is 0 Å². The van der Waals surface area contributed by atoms with Gasteiger partial charge in [-0.3, -0.25) is 0 Å². The molecule has 0 radical (unpaired) electrons. The van der Waals surface area contributed by atoms with Gasteiger partial charge < -0.3 is 14.2 Å². The molecule has 3 nitrogen and oxygen atoms in total. The molecule has 0 saturated heterocycles. The monoisotopic (exact) mass is 888 g/mol. The molecule has 0 unspecified atom stereocenters.